The molecule has 2 aromatic carbocycles. The molecule has 0 aliphatic heterocycles. The Morgan fingerprint density at radius 2 is 1.82 bits per heavy atom. The van der Waals surface area contributed by atoms with E-state index in [0.29, 0.717) is 21.1 Å². The summed E-state index contributed by atoms with van der Waals surface area (Å²) >= 11 is 8.16. The highest BCUT2D eigenvalue weighted by atomic mass is 32.2. The van der Waals surface area contributed by atoms with Gasteiger partial charge in [0, 0.05) is 23.9 Å². The monoisotopic (exact) mass is 433 g/mol. The van der Waals surface area contributed by atoms with E-state index in [1.165, 1.54) is 23.1 Å². The van der Waals surface area contributed by atoms with Gasteiger partial charge in [-0.2, -0.15) is 0 Å². The summed E-state index contributed by atoms with van der Waals surface area (Å²) in [7, 11) is 3.13. The summed E-state index contributed by atoms with van der Waals surface area (Å²) in [5.74, 6) is 1.07. The first-order valence-electron chi connectivity index (χ1n) is 8.36. The fourth-order valence-electron chi connectivity index (χ4n) is 2.37. The Morgan fingerprint density at radius 3 is 2.43 bits per heavy atom. The Labute approximate surface area is 176 Å². The smallest absolute Gasteiger partial charge is 0.237 e. The fraction of sp³-hybridized carbons (Fsp3) is 0.211. The second-order valence-electron chi connectivity index (χ2n) is 5.73. The molecule has 3 rings (SSSR count). The van der Waals surface area contributed by atoms with Crippen LogP contribution in [-0.4, -0.2) is 35.2 Å². The second-order valence-corrected chi connectivity index (χ2v) is 8.94. The first-order valence-corrected chi connectivity index (χ1v) is 10.5. The lowest BCUT2D eigenvalue weighted by atomic mass is 10.2. The summed E-state index contributed by atoms with van der Waals surface area (Å²) in [6, 6.07) is 14.9. The van der Waals surface area contributed by atoms with E-state index in [-0.39, 0.29) is 11.2 Å². The van der Waals surface area contributed by atoms with Crippen LogP contribution in [0.5, 0.6) is 11.5 Å². The number of ether oxygens (including phenoxy) is 2. The van der Waals surface area contributed by atoms with Crippen LogP contribution in [-0.2, 0) is 4.79 Å². The fourth-order valence-corrected chi connectivity index (χ4v) is 4.87. The van der Waals surface area contributed by atoms with Crippen LogP contribution >= 0.6 is 35.3 Å². The minimum Gasteiger partial charge on any atom is -0.497 e. The maximum absolute atomic E-state index is 12.6. The molecule has 1 heterocycles. The van der Waals surface area contributed by atoms with E-state index in [1.54, 1.807) is 37.1 Å². The van der Waals surface area contributed by atoms with Crippen molar-refractivity contribution in [3.8, 4) is 17.2 Å². The first kappa shape index (κ1) is 20.4. The normalized spacial score (nSPS) is 11.7. The average molecular weight is 434 g/mol. The van der Waals surface area contributed by atoms with E-state index < -0.39 is 0 Å². The Hall–Kier alpha value is -2.36. The van der Waals surface area contributed by atoms with E-state index in [1.807, 2.05) is 37.3 Å². The van der Waals surface area contributed by atoms with Gasteiger partial charge in [-0.1, -0.05) is 41.3 Å². The molecular weight excluding hydrogens is 414 g/mol. The van der Waals surface area contributed by atoms with Crippen molar-refractivity contribution in [2.24, 2.45) is 0 Å². The number of anilines is 1. The number of carbonyl (C=O) groups excluding carboxylic acids is 1. The number of para-hydroxylation sites is 1. The molecule has 6 nitrogen and oxygen atoms in total. The van der Waals surface area contributed by atoms with Gasteiger partial charge in [-0.3, -0.25) is 4.79 Å². The van der Waals surface area contributed by atoms with Crippen molar-refractivity contribution < 1.29 is 14.3 Å². The Bertz CT molecular complexity index is 996. The number of aromatic nitrogens is 2. The van der Waals surface area contributed by atoms with Crippen molar-refractivity contribution >= 4 is 46.9 Å². The molecule has 0 fully saturated rings. The van der Waals surface area contributed by atoms with E-state index in [0.717, 1.165) is 10.0 Å². The van der Waals surface area contributed by atoms with E-state index in [2.05, 4.69) is 10.4 Å². The van der Waals surface area contributed by atoms with Gasteiger partial charge in [0.05, 0.1) is 25.2 Å². The van der Waals surface area contributed by atoms with Crippen LogP contribution in [0.15, 0.2) is 52.9 Å². The molecule has 1 N–H and O–H groups in total. The number of methoxy groups -OCH3 is 2. The average Bonchev–Trinajstić information content (AvgIpc) is 3.08. The van der Waals surface area contributed by atoms with Crippen LogP contribution in [0, 0.1) is 3.95 Å². The molecule has 1 amide bonds. The van der Waals surface area contributed by atoms with Gasteiger partial charge in [0.25, 0.3) is 0 Å². The van der Waals surface area contributed by atoms with Crippen LogP contribution in [0.3, 0.4) is 0 Å². The Balaban J connectivity index is 1.71. The van der Waals surface area contributed by atoms with Gasteiger partial charge in [0.15, 0.2) is 8.29 Å². The summed E-state index contributed by atoms with van der Waals surface area (Å²) in [4.78, 5) is 12.6. The number of nitrogens with one attached hydrogen (secondary N) is 1. The molecule has 1 unspecified atom stereocenters. The van der Waals surface area contributed by atoms with Crippen molar-refractivity contribution in [2.45, 2.75) is 16.5 Å². The molecule has 0 radical (unpaired) electrons. The summed E-state index contributed by atoms with van der Waals surface area (Å²) in [5.41, 5.74) is 1.51. The number of nitrogens with zero attached hydrogens (tertiary/aromatic N) is 2. The summed E-state index contributed by atoms with van der Waals surface area (Å²) in [6.45, 7) is 1.83. The third kappa shape index (κ3) is 4.92. The predicted octanol–water partition coefficient (Wildman–Crippen LogP) is 4.80. The van der Waals surface area contributed by atoms with E-state index in [9.17, 15) is 4.79 Å². The van der Waals surface area contributed by atoms with Gasteiger partial charge in [0.2, 0.25) is 5.91 Å². The largest absolute Gasteiger partial charge is 0.497 e. The van der Waals surface area contributed by atoms with Gasteiger partial charge in [-0.25, -0.2) is 4.68 Å². The molecule has 0 saturated heterocycles. The molecular formula is C19H19N3O3S3. The van der Waals surface area contributed by atoms with Crippen molar-refractivity contribution in [2.75, 3.05) is 19.5 Å². The van der Waals surface area contributed by atoms with Crippen molar-refractivity contribution in [3.63, 3.8) is 0 Å². The van der Waals surface area contributed by atoms with Crippen LogP contribution in [0.1, 0.15) is 6.92 Å². The van der Waals surface area contributed by atoms with Crippen LogP contribution < -0.4 is 14.8 Å². The Kier molecular flexibility index (Phi) is 6.71. The van der Waals surface area contributed by atoms with Crippen LogP contribution in [0.2, 0.25) is 0 Å². The second kappa shape index (κ2) is 9.22. The minimum atomic E-state index is -0.359. The predicted molar refractivity (Wildman–Crippen MR) is 116 cm³/mol. The highest BCUT2D eigenvalue weighted by molar-refractivity contribution is 8.02. The number of hydrogen-bond acceptors (Lipinski definition) is 7. The molecule has 146 valence electrons. The van der Waals surface area contributed by atoms with Gasteiger partial charge >= 0.3 is 0 Å². The highest BCUT2D eigenvalue weighted by Crippen LogP contribution is 2.30. The number of amides is 1. The lowest BCUT2D eigenvalue weighted by Gasteiger charge is -2.12. The van der Waals surface area contributed by atoms with Crippen molar-refractivity contribution in [3.05, 3.63) is 52.5 Å². The topological polar surface area (TPSA) is 65.4 Å². The number of thioether (sulfide) groups is 1. The molecule has 9 heteroatoms. The molecule has 0 aliphatic rings. The maximum atomic E-state index is 12.6. The third-order valence-corrected chi connectivity index (χ3v) is 6.21. The molecule has 1 aromatic heterocycles. The van der Waals surface area contributed by atoms with Gasteiger partial charge in [0.1, 0.15) is 11.5 Å². The van der Waals surface area contributed by atoms with Crippen LogP contribution in [0.4, 0.5) is 5.69 Å². The standard InChI is InChI=1S/C19H19N3O3S3/c1-12(17(23)20-13-9-15(24-2)11-16(10-13)25-3)27-18-21-22(19(26)28-18)14-7-5-4-6-8-14/h4-12H,1-3H3,(H,20,23). The Morgan fingerprint density at radius 1 is 1.18 bits per heavy atom. The van der Waals surface area contributed by atoms with Crippen molar-refractivity contribution in [1.29, 1.82) is 0 Å². The van der Waals surface area contributed by atoms with Crippen LogP contribution in [0.25, 0.3) is 5.69 Å². The molecule has 0 saturated carbocycles. The number of carbonyl (C=O) groups is 1. The number of benzene rings is 2. The van der Waals surface area contributed by atoms with Gasteiger partial charge in [-0.15, -0.1) is 5.10 Å². The molecule has 3 aromatic rings. The number of hydrogen-bond donors (Lipinski definition) is 1. The quantitative estimate of drug-likeness (QED) is 0.426. The molecule has 28 heavy (non-hydrogen) atoms. The molecule has 1 atom stereocenters. The molecule has 0 spiro atoms. The summed E-state index contributed by atoms with van der Waals surface area (Å²) in [5, 5.41) is 7.07. The zero-order chi connectivity index (χ0) is 20.1. The highest BCUT2D eigenvalue weighted by Gasteiger charge is 2.18. The lowest BCUT2D eigenvalue weighted by molar-refractivity contribution is -0.115. The summed E-state index contributed by atoms with van der Waals surface area (Å²) in [6.07, 6.45) is 0. The van der Waals surface area contributed by atoms with E-state index >= 15 is 0 Å². The molecule has 0 bridgehead atoms. The zero-order valence-electron chi connectivity index (χ0n) is 15.5. The van der Waals surface area contributed by atoms with Gasteiger partial charge < -0.3 is 14.8 Å². The lowest BCUT2D eigenvalue weighted by Crippen LogP contribution is -2.22. The molecule has 0 aliphatic carbocycles. The summed E-state index contributed by atoms with van der Waals surface area (Å²) < 4.78 is 13.5. The van der Waals surface area contributed by atoms with E-state index in [4.69, 9.17) is 21.7 Å². The SMILES string of the molecule is COc1cc(NC(=O)C(C)Sc2nn(-c3ccccc3)c(=S)s2)cc(OC)c1. The third-order valence-electron chi connectivity index (χ3n) is 3.80. The number of rotatable bonds is 7. The van der Waals surface area contributed by atoms with Gasteiger partial charge in [-0.05, 0) is 31.3 Å². The minimum absolute atomic E-state index is 0.146. The van der Waals surface area contributed by atoms with Crippen molar-refractivity contribution in [1.82, 2.24) is 9.78 Å². The first-order chi connectivity index (χ1) is 13.5. The zero-order valence-corrected chi connectivity index (χ0v) is 18.0. The maximum Gasteiger partial charge on any atom is 0.237 e.